The lowest BCUT2D eigenvalue weighted by atomic mass is 10.1. The molecule has 1 aromatic heterocycles. The smallest absolute Gasteiger partial charge is 0.191 e. The van der Waals surface area contributed by atoms with Crippen molar-refractivity contribution in [3.05, 3.63) is 46.8 Å². The number of aliphatic imine (C=N–C) groups is 1. The van der Waals surface area contributed by atoms with Gasteiger partial charge < -0.3 is 24.6 Å². The molecule has 0 bridgehead atoms. The van der Waals surface area contributed by atoms with Crippen LogP contribution >= 0.6 is 24.0 Å². The van der Waals surface area contributed by atoms with Gasteiger partial charge in [0, 0.05) is 30.6 Å². The lowest BCUT2D eigenvalue weighted by Gasteiger charge is -2.12. The van der Waals surface area contributed by atoms with Gasteiger partial charge in [-0.15, -0.1) is 24.0 Å². The van der Waals surface area contributed by atoms with E-state index in [0.29, 0.717) is 26.3 Å². The van der Waals surface area contributed by atoms with Gasteiger partial charge in [0.25, 0.3) is 0 Å². The molecule has 0 fully saturated rings. The molecule has 0 aliphatic heterocycles. The van der Waals surface area contributed by atoms with E-state index in [9.17, 15) is 0 Å². The van der Waals surface area contributed by atoms with Gasteiger partial charge in [-0.05, 0) is 19.4 Å². The van der Waals surface area contributed by atoms with Crippen molar-refractivity contribution in [1.82, 2.24) is 15.8 Å². The molecule has 8 heteroatoms. The summed E-state index contributed by atoms with van der Waals surface area (Å²) in [4.78, 5) is 4.68. The number of benzene rings is 1. The van der Waals surface area contributed by atoms with E-state index in [0.717, 1.165) is 53.7 Å². The molecule has 7 nitrogen and oxygen atoms in total. The zero-order valence-electron chi connectivity index (χ0n) is 17.8. The van der Waals surface area contributed by atoms with Crippen molar-refractivity contribution in [2.75, 3.05) is 26.8 Å². The van der Waals surface area contributed by atoms with Gasteiger partial charge in [0.05, 0.1) is 32.6 Å². The summed E-state index contributed by atoms with van der Waals surface area (Å²) in [7, 11) is 1.67. The quantitative estimate of drug-likeness (QED) is 0.205. The topological polar surface area (TPSA) is 80.9 Å². The Labute approximate surface area is 190 Å². The molecule has 2 rings (SSSR count). The van der Waals surface area contributed by atoms with Crippen molar-refractivity contribution in [2.24, 2.45) is 4.99 Å². The Hall–Kier alpha value is -1.81. The van der Waals surface area contributed by atoms with Crippen LogP contribution in [0.4, 0.5) is 0 Å². The van der Waals surface area contributed by atoms with Gasteiger partial charge in [0.15, 0.2) is 5.96 Å². The first-order chi connectivity index (χ1) is 13.7. The van der Waals surface area contributed by atoms with Gasteiger partial charge in [-0.2, -0.15) is 0 Å². The lowest BCUT2D eigenvalue weighted by molar-refractivity contribution is 0.123. The van der Waals surface area contributed by atoms with Crippen LogP contribution < -0.4 is 15.4 Å². The highest BCUT2D eigenvalue weighted by Gasteiger charge is 2.13. The van der Waals surface area contributed by atoms with Crippen LogP contribution in [0.15, 0.2) is 33.8 Å². The summed E-state index contributed by atoms with van der Waals surface area (Å²) in [5, 5.41) is 10.7. The fraction of sp³-hybridized carbons (Fsp3) is 0.524. The summed E-state index contributed by atoms with van der Waals surface area (Å²) in [5.74, 6) is 2.52. The van der Waals surface area contributed by atoms with E-state index in [1.165, 1.54) is 0 Å². The molecule has 0 spiro atoms. The van der Waals surface area contributed by atoms with Crippen molar-refractivity contribution in [3.8, 4) is 5.75 Å². The normalized spacial score (nSPS) is 11.1. The molecule has 0 unspecified atom stereocenters. The van der Waals surface area contributed by atoms with E-state index in [1.807, 2.05) is 31.2 Å². The first kappa shape index (κ1) is 25.2. The number of nitrogens with one attached hydrogen (secondary N) is 2. The molecule has 2 N–H and O–H groups in total. The molecular formula is C21H33IN4O3. The minimum Gasteiger partial charge on any atom is -0.496 e. The second kappa shape index (κ2) is 14.2. The van der Waals surface area contributed by atoms with Crippen LogP contribution in [-0.2, 0) is 30.7 Å². The summed E-state index contributed by atoms with van der Waals surface area (Å²) in [6, 6.07) is 7.88. The van der Waals surface area contributed by atoms with Crippen LogP contribution in [-0.4, -0.2) is 37.9 Å². The number of para-hydroxylation sites is 1. The van der Waals surface area contributed by atoms with Crippen LogP contribution in [0.2, 0.25) is 0 Å². The molecular weight excluding hydrogens is 483 g/mol. The molecule has 0 atom stereocenters. The second-order valence-corrected chi connectivity index (χ2v) is 6.22. The molecule has 0 aliphatic carbocycles. The summed E-state index contributed by atoms with van der Waals surface area (Å²) in [6.07, 6.45) is 1.66. The van der Waals surface area contributed by atoms with Crippen molar-refractivity contribution in [3.63, 3.8) is 0 Å². The van der Waals surface area contributed by atoms with Crippen LogP contribution in [0.1, 0.15) is 43.4 Å². The second-order valence-electron chi connectivity index (χ2n) is 6.22. The van der Waals surface area contributed by atoms with E-state index in [-0.39, 0.29) is 24.0 Å². The Morgan fingerprint density at radius 1 is 1.14 bits per heavy atom. The third kappa shape index (κ3) is 7.85. The average molecular weight is 516 g/mol. The Bertz CT molecular complexity index is 728. The molecule has 0 radical (unpaired) electrons. The number of hydrogen-bond donors (Lipinski definition) is 2. The fourth-order valence-corrected chi connectivity index (χ4v) is 2.86. The number of rotatable bonds is 11. The van der Waals surface area contributed by atoms with Gasteiger partial charge in [-0.3, -0.25) is 0 Å². The van der Waals surface area contributed by atoms with E-state index in [1.54, 1.807) is 7.11 Å². The van der Waals surface area contributed by atoms with Crippen molar-refractivity contribution in [2.45, 2.75) is 46.8 Å². The molecule has 29 heavy (non-hydrogen) atoms. The number of guanidine groups is 1. The summed E-state index contributed by atoms with van der Waals surface area (Å²) >= 11 is 0. The highest BCUT2D eigenvalue weighted by molar-refractivity contribution is 14.0. The van der Waals surface area contributed by atoms with Crippen LogP contribution in [0.5, 0.6) is 5.75 Å². The molecule has 1 aromatic carbocycles. The average Bonchev–Trinajstić information content (AvgIpc) is 3.13. The van der Waals surface area contributed by atoms with Gasteiger partial charge in [0.2, 0.25) is 0 Å². The highest BCUT2D eigenvalue weighted by atomic mass is 127. The maximum Gasteiger partial charge on any atom is 0.191 e. The standard InChI is InChI=1S/C21H32N4O3.HI/c1-5-18-17(19(6-2)28-25-18)14-24-21(22-7-3)23-12-13-27-15-16-10-8-9-11-20(16)26-4;/h8-11H,5-7,12-15H2,1-4H3,(H2,22,23,24);1H. The van der Waals surface area contributed by atoms with Crippen LogP contribution in [0, 0.1) is 0 Å². The number of aromatic nitrogens is 1. The molecule has 162 valence electrons. The van der Waals surface area contributed by atoms with Crippen molar-refractivity contribution in [1.29, 1.82) is 0 Å². The lowest BCUT2D eigenvalue weighted by Crippen LogP contribution is -2.39. The molecule has 0 saturated carbocycles. The first-order valence-corrected chi connectivity index (χ1v) is 9.91. The highest BCUT2D eigenvalue weighted by Crippen LogP contribution is 2.18. The fourth-order valence-electron chi connectivity index (χ4n) is 2.86. The zero-order valence-corrected chi connectivity index (χ0v) is 20.1. The van der Waals surface area contributed by atoms with E-state index in [4.69, 9.17) is 14.0 Å². The summed E-state index contributed by atoms with van der Waals surface area (Å²) in [6.45, 7) is 9.26. The van der Waals surface area contributed by atoms with E-state index < -0.39 is 0 Å². The zero-order chi connectivity index (χ0) is 20.2. The number of aryl methyl sites for hydroxylation is 2. The monoisotopic (exact) mass is 516 g/mol. The van der Waals surface area contributed by atoms with Gasteiger partial charge in [0.1, 0.15) is 11.5 Å². The van der Waals surface area contributed by atoms with Gasteiger partial charge in [-0.25, -0.2) is 4.99 Å². The third-order valence-corrected chi connectivity index (χ3v) is 4.34. The predicted molar refractivity (Wildman–Crippen MR) is 126 cm³/mol. The maximum atomic E-state index is 5.76. The Morgan fingerprint density at radius 3 is 2.62 bits per heavy atom. The van der Waals surface area contributed by atoms with Crippen molar-refractivity contribution >= 4 is 29.9 Å². The van der Waals surface area contributed by atoms with Crippen molar-refractivity contribution < 1.29 is 14.0 Å². The predicted octanol–water partition coefficient (Wildman–Crippen LogP) is 3.70. The van der Waals surface area contributed by atoms with Gasteiger partial charge >= 0.3 is 0 Å². The third-order valence-electron chi connectivity index (χ3n) is 4.34. The Morgan fingerprint density at radius 2 is 1.93 bits per heavy atom. The van der Waals surface area contributed by atoms with Gasteiger partial charge in [-0.1, -0.05) is 37.2 Å². The minimum absolute atomic E-state index is 0. The molecule has 0 aliphatic rings. The largest absolute Gasteiger partial charge is 0.496 e. The molecule has 1 heterocycles. The SMILES string of the molecule is CCNC(=NCc1c(CC)noc1CC)NCCOCc1ccccc1OC.I. The number of ether oxygens (including phenoxy) is 2. The summed E-state index contributed by atoms with van der Waals surface area (Å²) < 4.78 is 16.5. The van der Waals surface area contributed by atoms with E-state index >= 15 is 0 Å². The number of methoxy groups -OCH3 is 1. The number of nitrogens with zero attached hydrogens (tertiary/aromatic N) is 2. The molecule has 0 amide bonds. The minimum atomic E-state index is 0. The van der Waals surface area contributed by atoms with Crippen LogP contribution in [0.25, 0.3) is 0 Å². The van der Waals surface area contributed by atoms with Crippen LogP contribution in [0.3, 0.4) is 0 Å². The first-order valence-electron chi connectivity index (χ1n) is 9.91. The Kier molecular flexibility index (Phi) is 12.4. The Balaban J connectivity index is 0.00000420. The summed E-state index contributed by atoms with van der Waals surface area (Å²) in [5.41, 5.74) is 3.11. The molecule has 2 aromatic rings. The van der Waals surface area contributed by atoms with E-state index in [2.05, 4.69) is 34.6 Å². The molecule has 0 saturated heterocycles. The maximum absolute atomic E-state index is 5.76. The number of hydrogen-bond acceptors (Lipinski definition) is 5. The number of halogens is 1.